The summed E-state index contributed by atoms with van der Waals surface area (Å²) in [6, 6.07) is 9.40. The molecule has 1 saturated heterocycles. The second-order valence-corrected chi connectivity index (χ2v) is 13.5. The Bertz CT molecular complexity index is 3310. The first-order valence-electron chi connectivity index (χ1n) is 22.2. The molecule has 0 aliphatic carbocycles. The maximum Gasteiger partial charge on any atom is 0.319 e. The average Bonchev–Trinajstić information content (AvgIpc) is 3.53. The van der Waals surface area contributed by atoms with Crippen molar-refractivity contribution in [2.75, 3.05) is 57.1 Å². The highest BCUT2D eigenvalue weighted by atomic mass is 17.2. The van der Waals surface area contributed by atoms with E-state index in [1.54, 1.807) is 39.5 Å². The number of hydrogen-bond donors (Lipinski definition) is 5. The smallest absolute Gasteiger partial charge is 0.319 e. The summed E-state index contributed by atoms with van der Waals surface area (Å²) in [5, 5.41) is 39.4. The Balaban J connectivity index is -0.0000000843. The third kappa shape index (κ3) is 30.3. The predicted octanol–water partition coefficient (Wildman–Crippen LogP) is 9.07. The zero-order valence-electron chi connectivity index (χ0n) is 41.7. The molecule has 6 N–H and O–H groups in total. The van der Waals surface area contributed by atoms with Gasteiger partial charge in [0.05, 0.1) is 55.2 Å². The molecule has 406 valence electrons. The largest absolute Gasteiger partial charge is 0.495 e. The minimum absolute atomic E-state index is 0. The molecule has 0 spiro atoms. The molecule has 1 atom stereocenters. The number of anilines is 2. The maximum atomic E-state index is 12.5. The molecule has 1 fully saturated rings. The highest BCUT2D eigenvalue weighted by Crippen LogP contribution is 2.31. The fourth-order valence-electron chi connectivity index (χ4n) is 5.32. The first kappa shape index (κ1) is 60.8. The average molecular weight is 1040 g/mol. The van der Waals surface area contributed by atoms with E-state index in [0.29, 0.717) is 29.5 Å². The SMILES string of the molecule is CC#CC#CC#CC#CC#CC#CC#CC#CC#CC#CC#CC#CC#CC.CCCC(Nc1cncc(-c2ccc(NC(=O)NCCCN3CCOCC3)c(OC)c2)n1)c1cccnc1.NN=NN=NN=[N+]([O-])OO.[HH].[HH].[HH].[HH].[HH].[HH].[HH].[HH].[HH].[HH].[HH].[HH].[HH].[HH].[HH]. The zero-order chi connectivity index (χ0) is 54.8. The van der Waals surface area contributed by atoms with Gasteiger partial charge in [-0.25, -0.2) is 9.78 Å². The van der Waals surface area contributed by atoms with Gasteiger partial charge < -0.3 is 41.5 Å². The van der Waals surface area contributed by atoms with E-state index in [2.05, 4.69) is 235 Å². The standard InChI is InChI=1S/C28H37N7O3.C28H6.H3N7O3.15H2/c1-3-6-23(22-7-4-10-29-18-22)32-27-20-30-19-25(33-27)21-8-9-24(26(17-21)37-2)34-28(36)31-11-5-12-35-13-15-38-16-14-35;1-3-5-7-9-11-13-15-17-19-21-23-25-27-28-26-24-22-20-18-16-14-12-10-8-6-4-2;1-2-3-4-5-6-7(8)10-9;;;;;;;;;;;;;;;/h4,7-10,17-20,23H,3,5-6,11-16H2,1-2H3,(H,32,33)(H2,31,34,36);1-2H3;9H,(H2,1,3,5);15*1H. The number of morpholine rings is 1. The topological polar surface area (TPSA) is 257 Å². The van der Waals surface area contributed by atoms with Gasteiger partial charge in [-0.15, -0.1) is 0 Å². The molecule has 3 aromatic rings. The van der Waals surface area contributed by atoms with Crippen LogP contribution in [0.5, 0.6) is 5.75 Å². The van der Waals surface area contributed by atoms with Crippen molar-refractivity contribution in [3.63, 3.8) is 0 Å². The number of hydrogen-bond acceptors (Lipinski definition) is 12. The zero-order valence-corrected chi connectivity index (χ0v) is 41.7. The van der Waals surface area contributed by atoms with E-state index in [-0.39, 0.29) is 33.5 Å². The van der Waals surface area contributed by atoms with Crippen LogP contribution < -0.4 is 26.5 Å². The molecule has 0 saturated carbocycles. The van der Waals surface area contributed by atoms with Crippen LogP contribution in [0.3, 0.4) is 0 Å². The van der Waals surface area contributed by atoms with Gasteiger partial charge >= 0.3 is 6.03 Å². The number of aromatic nitrogens is 3. The molecule has 0 bridgehead atoms. The monoisotopic (exact) mass is 1040 g/mol. The Morgan fingerprint density at radius 1 is 0.816 bits per heavy atom. The molecule has 76 heavy (non-hydrogen) atoms. The normalized spacial score (nSPS) is 10.4. The van der Waals surface area contributed by atoms with E-state index in [4.69, 9.17) is 19.7 Å². The van der Waals surface area contributed by atoms with E-state index >= 15 is 0 Å². The van der Waals surface area contributed by atoms with Crippen molar-refractivity contribution >= 4 is 17.5 Å². The Labute approximate surface area is 465 Å². The number of nitrogens with two attached hydrogens (primary N) is 1. The second kappa shape index (κ2) is 42.5. The lowest BCUT2D eigenvalue weighted by Crippen LogP contribution is -2.38. The van der Waals surface area contributed by atoms with Gasteiger partial charge in [0.25, 0.3) is 0 Å². The fourth-order valence-corrected chi connectivity index (χ4v) is 5.32. The number of benzene rings is 1. The van der Waals surface area contributed by atoms with Crippen LogP contribution in [0.25, 0.3) is 11.3 Å². The van der Waals surface area contributed by atoms with E-state index < -0.39 is 5.02 Å². The van der Waals surface area contributed by atoms with Crippen molar-refractivity contribution in [1.82, 2.24) is 25.2 Å². The number of methoxy groups -OCH3 is 1. The van der Waals surface area contributed by atoms with Crippen LogP contribution >= 0.6 is 0 Å². The van der Waals surface area contributed by atoms with Crippen LogP contribution in [0.1, 0.15) is 73.0 Å². The van der Waals surface area contributed by atoms with Crippen molar-refractivity contribution < 1.29 is 50.9 Å². The highest BCUT2D eigenvalue weighted by molar-refractivity contribution is 5.91. The van der Waals surface area contributed by atoms with Gasteiger partial charge in [-0.2, -0.15) is 0 Å². The Morgan fingerprint density at radius 2 is 1.38 bits per heavy atom. The van der Waals surface area contributed by atoms with Gasteiger partial charge in [0.2, 0.25) is 10.4 Å². The minimum atomic E-state index is -0.602. The molecule has 1 aliphatic heterocycles. The van der Waals surface area contributed by atoms with Gasteiger partial charge in [-0.3, -0.25) is 20.1 Å². The molecule has 0 radical (unpaired) electrons. The van der Waals surface area contributed by atoms with Gasteiger partial charge in [-0.05, 0) is 152 Å². The van der Waals surface area contributed by atoms with Gasteiger partial charge in [0, 0.05) is 112 Å². The molecule has 3 heterocycles. The number of pyridine rings is 1. The molecule has 20 nitrogen and oxygen atoms in total. The fraction of sp³-hybridized carbons (Fsp3) is 0.250. The summed E-state index contributed by atoms with van der Waals surface area (Å²) in [4.78, 5) is 31.2. The van der Waals surface area contributed by atoms with Crippen molar-refractivity contribution in [2.45, 2.75) is 46.1 Å². The number of rotatable bonds is 15. The van der Waals surface area contributed by atoms with E-state index in [0.717, 1.165) is 63.2 Å². The van der Waals surface area contributed by atoms with Crippen LogP contribution in [0.15, 0.2) is 81.2 Å². The number of nitrogens with zero attached hydrogens (tertiary/aromatic N) is 10. The Kier molecular flexibility index (Phi) is 34.0. The first-order chi connectivity index (χ1) is 37.4. The molecule has 1 aromatic carbocycles. The minimum Gasteiger partial charge on any atom is -0.495 e. The number of nitrogens with one attached hydrogen (secondary N) is 3. The Morgan fingerprint density at radius 3 is 1.87 bits per heavy atom. The van der Waals surface area contributed by atoms with Gasteiger partial charge in [0.15, 0.2) is 0 Å². The summed E-state index contributed by atoms with van der Waals surface area (Å²) in [6.07, 6.45) is 9.93. The molecular weight excluding hydrogens is 965 g/mol. The van der Waals surface area contributed by atoms with E-state index in [1.165, 1.54) is 0 Å². The summed E-state index contributed by atoms with van der Waals surface area (Å²) < 4.78 is 10.9. The molecule has 1 unspecified atom stereocenters. The summed E-state index contributed by atoms with van der Waals surface area (Å²) in [6.45, 7) is 10.5. The number of amides is 2. The first-order valence-corrected chi connectivity index (χ1v) is 22.2. The van der Waals surface area contributed by atoms with Crippen LogP contribution in [0.4, 0.5) is 16.3 Å². The second-order valence-electron chi connectivity index (χ2n) is 13.5. The third-order valence-corrected chi connectivity index (χ3v) is 8.41. The maximum absolute atomic E-state index is 12.5. The number of carbonyl (C=O) groups excluding carboxylic acids is 1. The summed E-state index contributed by atoms with van der Waals surface area (Å²) in [5.74, 6) is 71.3. The molecule has 1 aliphatic rings. The lowest BCUT2D eigenvalue weighted by atomic mass is 10.0. The quantitative estimate of drug-likeness (QED) is 0.0239. The van der Waals surface area contributed by atoms with E-state index in [9.17, 15) is 10.0 Å². The van der Waals surface area contributed by atoms with E-state index in [1.807, 2.05) is 30.5 Å². The van der Waals surface area contributed by atoms with Crippen LogP contribution in [0.2, 0.25) is 0 Å². The van der Waals surface area contributed by atoms with Crippen molar-refractivity contribution in [3.05, 3.63) is 65.9 Å². The van der Waals surface area contributed by atoms with Crippen LogP contribution in [-0.2, 0) is 9.73 Å². The molecular formula is C56H76N14O6. The van der Waals surface area contributed by atoms with Gasteiger partial charge in [-0.1, -0.05) is 42.5 Å². The third-order valence-electron chi connectivity index (χ3n) is 8.41. The molecule has 2 amide bonds. The van der Waals surface area contributed by atoms with Gasteiger partial charge in [0.1, 0.15) is 16.8 Å². The molecule has 2 aromatic heterocycles. The number of urea groups is 1. The lowest BCUT2D eigenvalue weighted by Gasteiger charge is -2.26. The van der Waals surface area contributed by atoms with Crippen molar-refractivity contribution in [3.8, 4) is 171 Å². The molecule has 20 heteroatoms. The van der Waals surface area contributed by atoms with Crippen LogP contribution in [-0.4, -0.2) is 82.7 Å². The molecule has 4 rings (SSSR count). The predicted molar refractivity (Wildman–Crippen MR) is 316 cm³/mol. The lowest BCUT2D eigenvalue weighted by molar-refractivity contribution is -0.873. The van der Waals surface area contributed by atoms with Crippen molar-refractivity contribution in [2.24, 2.45) is 32.0 Å². The number of carbonyl (C=O) groups is 1. The summed E-state index contributed by atoms with van der Waals surface area (Å²) in [5.41, 5.74) is 3.23. The van der Waals surface area contributed by atoms with Crippen LogP contribution in [0, 0.1) is 159 Å². The van der Waals surface area contributed by atoms with Crippen molar-refractivity contribution in [1.29, 1.82) is 0 Å². The summed E-state index contributed by atoms with van der Waals surface area (Å²) >= 11 is 0. The summed E-state index contributed by atoms with van der Waals surface area (Å²) in [7, 11) is 1.58. The number of ether oxygens (including phenoxy) is 2. The highest BCUT2D eigenvalue weighted by Gasteiger charge is 2.15. The Hall–Kier alpha value is -11.3.